The lowest BCUT2D eigenvalue weighted by Gasteiger charge is -2.42. The van der Waals surface area contributed by atoms with Gasteiger partial charge in [0.15, 0.2) is 0 Å². The van der Waals surface area contributed by atoms with E-state index in [2.05, 4.69) is 57.0 Å². The highest BCUT2D eigenvalue weighted by Gasteiger charge is 2.37. The largest absolute Gasteiger partial charge is 0.478 e. The number of nitrogens with zero attached hydrogens (tertiary/aromatic N) is 1. The molecule has 3 nitrogen and oxygen atoms in total. The summed E-state index contributed by atoms with van der Waals surface area (Å²) >= 11 is 3.46. The maximum atomic E-state index is 11.1. The van der Waals surface area contributed by atoms with Gasteiger partial charge in [-0.25, -0.2) is 9.78 Å². The highest BCUT2D eigenvalue weighted by molar-refractivity contribution is 8.00. The summed E-state index contributed by atoms with van der Waals surface area (Å²) in [5, 5.41) is 11.2. The van der Waals surface area contributed by atoms with E-state index in [-0.39, 0.29) is 10.8 Å². The molecule has 1 N–H and O–H groups in total. The van der Waals surface area contributed by atoms with E-state index in [1.807, 2.05) is 23.7 Å². The Bertz CT molecular complexity index is 1140. The molecule has 5 heteroatoms. The van der Waals surface area contributed by atoms with Gasteiger partial charge in [0.2, 0.25) is 0 Å². The van der Waals surface area contributed by atoms with E-state index in [9.17, 15) is 4.79 Å². The molecule has 1 aliphatic rings. The molecule has 0 spiro atoms. The predicted octanol–water partition coefficient (Wildman–Crippen LogP) is 7.65. The number of hydrogen-bond donors (Lipinski definition) is 1. The van der Waals surface area contributed by atoms with E-state index < -0.39 is 5.97 Å². The smallest absolute Gasteiger partial charge is 0.335 e. The number of aromatic carboxylic acids is 1. The number of aromatic nitrogens is 1. The standard InChI is InChI=1S/C27H29NO2S2/c1-26(2)11-12-27(3,4)23-16-21(17-32-25-28-13-14-31-25)20(15-22(23)26)10-7-18-5-8-19(9-6-18)24(29)30/h5-10,13-16H,11-12,17H2,1-4H3,(H,29,30)/b10-7+. The molecule has 4 rings (SSSR count). The Kier molecular flexibility index (Phi) is 6.33. The second kappa shape index (κ2) is 8.87. The molecule has 0 fully saturated rings. The van der Waals surface area contributed by atoms with Crippen LogP contribution in [0.15, 0.2) is 52.3 Å². The molecule has 0 saturated carbocycles. The molecule has 3 aromatic rings. The second-order valence-electron chi connectivity index (χ2n) is 9.71. The van der Waals surface area contributed by atoms with Crippen LogP contribution in [0.1, 0.15) is 78.7 Å². The summed E-state index contributed by atoms with van der Waals surface area (Å²) in [5.74, 6) is -0.0314. The monoisotopic (exact) mass is 463 g/mol. The maximum Gasteiger partial charge on any atom is 0.335 e. The Morgan fingerprint density at radius 3 is 2.31 bits per heavy atom. The van der Waals surface area contributed by atoms with Gasteiger partial charge in [-0.15, -0.1) is 11.3 Å². The summed E-state index contributed by atoms with van der Waals surface area (Å²) in [7, 11) is 0. The number of thiazole rings is 1. The number of benzene rings is 2. The van der Waals surface area contributed by atoms with Crippen LogP contribution in [0.25, 0.3) is 12.2 Å². The van der Waals surface area contributed by atoms with E-state index >= 15 is 0 Å². The molecule has 1 aromatic heterocycles. The summed E-state index contributed by atoms with van der Waals surface area (Å²) in [5.41, 5.74) is 7.06. The number of carboxylic acids is 1. The van der Waals surface area contributed by atoms with Crippen molar-refractivity contribution in [2.75, 3.05) is 0 Å². The van der Waals surface area contributed by atoms with Gasteiger partial charge in [0.25, 0.3) is 0 Å². The van der Waals surface area contributed by atoms with Crippen molar-refractivity contribution in [3.63, 3.8) is 0 Å². The normalized spacial score (nSPS) is 16.8. The van der Waals surface area contributed by atoms with Crippen LogP contribution in [0.4, 0.5) is 0 Å². The van der Waals surface area contributed by atoms with Crippen molar-refractivity contribution in [3.05, 3.63) is 81.4 Å². The summed E-state index contributed by atoms with van der Waals surface area (Å²) in [4.78, 5) is 15.6. The van der Waals surface area contributed by atoms with E-state index in [1.54, 1.807) is 35.2 Å². The van der Waals surface area contributed by atoms with E-state index in [4.69, 9.17) is 5.11 Å². The zero-order valence-electron chi connectivity index (χ0n) is 19.0. The molecule has 1 heterocycles. The van der Waals surface area contributed by atoms with Crippen LogP contribution in [-0.2, 0) is 16.6 Å². The van der Waals surface area contributed by atoms with Gasteiger partial charge in [0, 0.05) is 17.3 Å². The first-order chi connectivity index (χ1) is 15.2. The number of carbonyl (C=O) groups is 1. The number of hydrogen-bond acceptors (Lipinski definition) is 4. The zero-order chi connectivity index (χ0) is 22.9. The molecule has 166 valence electrons. The number of rotatable bonds is 6. The Labute approximate surface area is 198 Å². The minimum absolute atomic E-state index is 0.150. The van der Waals surface area contributed by atoms with E-state index in [0.29, 0.717) is 5.56 Å². The molecule has 2 aromatic carbocycles. The highest BCUT2D eigenvalue weighted by atomic mass is 32.2. The van der Waals surface area contributed by atoms with Crippen molar-refractivity contribution < 1.29 is 9.90 Å². The molecule has 32 heavy (non-hydrogen) atoms. The topological polar surface area (TPSA) is 50.2 Å². The fourth-order valence-electron chi connectivity index (χ4n) is 4.30. The number of carboxylic acid groups (broad SMARTS) is 1. The van der Waals surface area contributed by atoms with Gasteiger partial charge >= 0.3 is 5.97 Å². The molecular formula is C27H29NO2S2. The first kappa shape index (κ1) is 22.8. The first-order valence-corrected chi connectivity index (χ1v) is 12.7. The second-order valence-corrected chi connectivity index (χ2v) is 11.8. The van der Waals surface area contributed by atoms with Crippen LogP contribution in [0, 0.1) is 0 Å². The minimum atomic E-state index is -0.901. The average Bonchev–Trinajstić information content (AvgIpc) is 3.28. The molecule has 0 unspecified atom stereocenters. The van der Waals surface area contributed by atoms with Gasteiger partial charge in [0.05, 0.1) is 5.56 Å². The minimum Gasteiger partial charge on any atom is -0.478 e. The lowest BCUT2D eigenvalue weighted by Crippen LogP contribution is -2.34. The van der Waals surface area contributed by atoms with Crippen molar-refractivity contribution in [1.29, 1.82) is 0 Å². The maximum absolute atomic E-state index is 11.1. The van der Waals surface area contributed by atoms with Crippen LogP contribution < -0.4 is 0 Å². The molecular weight excluding hydrogens is 434 g/mol. The predicted molar refractivity (Wildman–Crippen MR) is 136 cm³/mol. The lowest BCUT2D eigenvalue weighted by molar-refractivity contribution is 0.0697. The molecule has 0 saturated heterocycles. The Morgan fingerprint density at radius 1 is 1.06 bits per heavy atom. The lowest BCUT2D eigenvalue weighted by atomic mass is 9.62. The summed E-state index contributed by atoms with van der Waals surface area (Å²) in [6.45, 7) is 9.42. The number of fused-ring (bicyclic) bond motifs is 1. The van der Waals surface area contributed by atoms with Crippen molar-refractivity contribution in [2.24, 2.45) is 0 Å². The summed E-state index contributed by atoms with van der Waals surface area (Å²) < 4.78 is 1.08. The third-order valence-corrected chi connectivity index (χ3v) is 8.50. The Hall–Kier alpha value is -2.37. The van der Waals surface area contributed by atoms with Crippen LogP contribution in [0.2, 0.25) is 0 Å². The Morgan fingerprint density at radius 2 is 1.72 bits per heavy atom. The van der Waals surface area contributed by atoms with Crippen molar-refractivity contribution in [2.45, 2.75) is 61.5 Å². The van der Waals surface area contributed by atoms with Gasteiger partial charge in [0.1, 0.15) is 4.34 Å². The van der Waals surface area contributed by atoms with E-state index in [0.717, 1.165) is 15.7 Å². The van der Waals surface area contributed by atoms with Gasteiger partial charge in [-0.3, -0.25) is 0 Å². The highest BCUT2D eigenvalue weighted by Crippen LogP contribution is 2.47. The summed E-state index contributed by atoms with van der Waals surface area (Å²) in [6.07, 6.45) is 8.47. The third-order valence-electron chi connectivity index (χ3n) is 6.49. The van der Waals surface area contributed by atoms with Crippen LogP contribution in [0.5, 0.6) is 0 Å². The molecule has 0 atom stereocenters. The SMILES string of the molecule is CC1(C)CCC(C)(C)c2cc(CSc3nccs3)c(/C=C/c3ccc(C(=O)O)cc3)cc21. The van der Waals surface area contributed by atoms with Gasteiger partial charge in [-0.05, 0) is 63.6 Å². The fraction of sp³-hybridized carbons (Fsp3) is 0.333. The van der Waals surface area contributed by atoms with Crippen LogP contribution in [-0.4, -0.2) is 16.1 Å². The average molecular weight is 464 g/mol. The molecule has 0 amide bonds. The zero-order valence-corrected chi connectivity index (χ0v) is 20.6. The van der Waals surface area contributed by atoms with Gasteiger partial charge in [-0.1, -0.05) is 75.9 Å². The third kappa shape index (κ3) is 4.84. The van der Waals surface area contributed by atoms with Crippen LogP contribution in [0.3, 0.4) is 0 Å². The van der Waals surface area contributed by atoms with Crippen molar-refractivity contribution in [1.82, 2.24) is 4.98 Å². The molecule has 0 aliphatic heterocycles. The Balaban J connectivity index is 1.73. The van der Waals surface area contributed by atoms with Crippen molar-refractivity contribution in [3.8, 4) is 0 Å². The summed E-state index contributed by atoms with van der Waals surface area (Å²) in [6, 6.07) is 11.8. The fourth-order valence-corrected chi connectivity index (χ4v) is 5.94. The quantitative estimate of drug-likeness (QED) is 0.301. The van der Waals surface area contributed by atoms with Gasteiger partial charge in [-0.2, -0.15) is 0 Å². The first-order valence-electron chi connectivity index (χ1n) is 10.9. The van der Waals surface area contributed by atoms with Crippen LogP contribution >= 0.6 is 23.1 Å². The molecule has 0 bridgehead atoms. The van der Waals surface area contributed by atoms with Gasteiger partial charge < -0.3 is 5.11 Å². The van der Waals surface area contributed by atoms with Crippen molar-refractivity contribution >= 4 is 41.2 Å². The molecule has 1 aliphatic carbocycles. The van der Waals surface area contributed by atoms with E-state index in [1.165, 1.54) is 35.1 Å². The number of thioether (sulfide) groups is 1. The molecule has 0 radical (unpaired) electrons.